The van der Waals surface area contributed by atoms with Crippen LogP contribution in [0.4, 0.5) is 5.69 Å². The summed E-state index contributed by atoms with van der Waals surface area (Å²) in [6.45, 7) is 0. The van der Waals surface area contributed by atoms with Crippen molar-refractivity contribution in [1.29, 1.82) is 0 Å². The van der Waals surface area contributed by atoms with Crippen LogP contribution in [0.2, 0.25) is 10.0 Å². The predicted molar refractivity (Wildman–Crippen MR) is 80.9 cm³/mol. The van der Waals surface area contributed by atoms with Gasteiger partial charge in [0.05, 0.1) is 10.0 Å². The minimum absolute atomic E-state index is 0.636. The molecule has 0 atom stereocenters. The lowest BCUT2D eigenvalue weighted by Crippen LogP contribution is -2.51. The first-order valence-corrected chi connectivity index (χ1v) is 8.16. The number of nitrogens with one attached hydrogen (secondary N) is 1. The Morgan fingerprint density at radius 3 is 2.05 bits per heavy atom. The van der Waals surface area contributed by atoms with Crippen molar-refractivity contribution in [2.24, 2.45) is 23.7 Å². The summed E-state index contributed by atoms with van der Waals surface area (Å²) in [6, 6.07) is 6.57. The molecule has 5 rings (SSSR count). The van der Waals surface area contributed by atoms with Gasteiger partial charge in [-0.3, -0.25) is 0 Å². The maximum atomic E-state index is 6.11. The van der Waals surface area contributed by atoms with Crippen LogP contribution in [0.1, 0.15) is 32.1 Å². The van der Waals surface area contributed by atoms with Gasteiger partial charge in [-0.2, -0.15) is 0 Å². The van der Waals surface area contributed by atoms with Gasteiger partial charge in [-0.05, 0) is 74.0 Å². The van der Waals surface area contributed by atoms with Gasteiger partial charge in [0, 0.05) is 11.7 Å². The fourth-order valence-corrected chi connectivity index (χ4v) is 5.24. The second-order valence-corrected chi connectivity index (χ2v) is 7.54. The largest absolute Gasteiger partial charge is 0.382 e. The van der Waals surface area contributed by atoms with Gasteiger partial charge in [-0.15, -0.1) is 0 Å². The number of anilines is 1. The molecule has 3 heteroatoms. The Morgan fingerprint density at radius 1 is 0.842 bits per heavy atom. The SMILES string of the molecule is Clc1ccc(NC2C3CC4CC(C3)CC2C4)cc1Cl. The third kappa shape index (κ3) is 2.15. The average molecular weight is 296 g/mol. The molecule has 102 valence electrons. The van der Waals surface area contributed by atoms with E-state index in [1.54, 1.807) is 0 Å². The number of hydrogen-bond donors (Lipinski definition) is 1. The maximum absolute atomic E-state index is 6.11. The Hall–Kier alpha value is -0.400. The summed E-state index contributed by atoms with van der Waals surface area (Å²) < 4.78 is 0. The molecule has 0 saturated heterocycles. The van der Waals surface area contributed by atoms with Crippen molar-refractivity contribution >= 4 is 28.9 Å². The van der Waals surface area contributed by atoms with E-state index in [0.717, 1.165) is 29.4 Å². The van der Waals surface area contributed by atoms with Gasteiger partial charge < -0.3 is 5.32 Å². The molecular weight excluding hydrogens is 277 g/mol. The molecule has 1 aromatic rings. The molecule has 19 heavy (non-hydrogen) atoms. The summed E-state index contributed by atoms with van der Waals surface area (Å²) in [5.74, 6) is 3.81. The molecule has 4 bridgehead atoms. The van der Waals surface area contributed by atoms with Crippen LogP contribution in [0.3, 0.4) is 0 Å². The zero-order chi connectivity index (χ0) is 13.0. The van der Waals surface area contributed by atoms with Crippen molar-refractivity contribution in [3.63, 3.8) is 0 Å². The monoisotopic (exact) mass is 295 g/mol. The zero-order valence-corrected chi connectivity index (χ0v) is 12.4. The van der Waals surface area contributed by atoms with Crippen molar-refractivity contribution in [3.05, 3.63) is 28.2 Å². The minimum atomic E-state index is 0.636. The lowest BCUT2D eigenvalue weighted by atomic mass is 9.54. The van der Waals surface area contributed by atoms with Crippen LogP contribution in [0.25, 0.3) is 0 Å². The summed E-state index contributed by atoms with van der Waals surface area (Å²) in [7, 11) is 0. The van der Waals surface area contributed by atoms with Crippen molar-refractivity contribution in [2.75, 3.05) is 5.32 Å². The summed E-state index contributed by atoms with van der Waals surface area (Å²) >= 11 is 12.1. The van der Waals surface area contributed by atoms with E-state index in [2.05, 4.69) is 11.4 Å². The normalized spacial score (nSPS) is 39.6. The molecule has 0 unspecified atom stereocenters. The first-order valence-electron chi connectivity index (χ1n) is 7.40. The molecule has 0 radical (unpaired) electrons. The van der Waals surface area contributed by atoms with E-state index in [4.69, 9.17) is 23.2 Å². The standard InChI is InChI=1S/C16H19Cl2N/c17-14-2-1-13(8-15(14)18)19-16-11-4-9-3-10(6-11)7-12(16)5-9/h1-2,8-12,16,19H,3-7H2. The molecule has 1 aromatic carbocycles. The van der Waals surface area contributed by atoms with Crippen LogP contribution in [0.15, 0.2) is 18.2 Å². The molecule has 1 nitrogen and oxygen atoms in total. The fourth-order valence-electron chi connectivity index (χ4n) is 4.94. The molecule has 1 N–H and O–H groups in total. The molecular formula is C16H19Cl2N. The molecule has 0 amide bonds. The molecule has 0 aliphatic heterocycles. The van der Waals surface area contributed by atoms with E-state index in [9.17, 15) is 0 Å². The van der Waals surface area contributed by atoms with E-state index in [1.165, 1.54) is 32.1 Å². The van der Waals surface area contributed by atoms with E-state index < -0.39 is 0 Å². The van der Waals surface area contributed by atoms with Gasteiger partial charge in [-0.1, -0.05) is 23.2 Å². The Kier molecular flexibility index (Phi) is 2.97. The van der Waals surface area contributed by atoms with Crippen molar-refractivity contribution < 1.29 is 0 Å². The Labute approximate surface area is 124 Å². The van der Waals surface area contributed by atoms with Crippen LogP contribution < -0.4 is 5.32 Å². The maximum Gasteiger partial charge on any atom is 0.0612 e. The molecule has 4 fully saturated rings. The van der Waals surface area contributed by atoms with Crippen molar-refractivity contribution in [1.82, 2.24) is 0 Å². The first-order chi connectivity index (χ1) is 9.19. The summed E-state index contributed by atoms with van der Waals surface area (Å²) in [4.78, 5) is 0. The van der Waals surface area contributed by atoms with Crippen molar-refractivity contribution in [3.8, 4) is 0 Å². The highest BCUT2D eigenvalue weighted by Gasteiger charge is 2.48. The smallest absolute Gasteiger partial charge is 0.0612 e. The van der Waals surface area contributed by atoms with Crippen LogP contribution in [0, 0.1) is 23.7 Å². The lowest BCUT2D eigenvalue weighted by Gasteiger charge is -2.54. The van der Waals surface area contributed by atoms with Gasteiger partial charge in [0.1, 0.15) is 0 Å². The van der Waals surface area contributed by atoms with Gasteiger partial charge >= 0.3 is 0 Å². The molecule has 0 heterocycles. The molecule has 0 spiro atoms. The zero-order valence-electron chi connectivity index (χ0n) is 10.9. The summed E-state index contributed by atoms with van der Waals surface area (Å²) in [5, 5.41) is 5.03. The molecule has 4 saturated carbocycles. The van der Waals surface area contributed by atoms with E-state index in [-0.39, 0.29) is 0 Å². The molecule has 4 aliphatic rings. The fraction of sp³-hybridized carbons (Fsp3) is 0.625. The van der Waals surface area contributed by atoms with Crippen LogP contribution >= 0.6 is 23.2 Å². The second-order valence-electron chi connectivity index (χ2n) is 6.73. The van der Waals surface area contributed by atoms with Crippen LogP contribution in [0.5, 0.6) is 0 Å². The van der Waals surface area contributed by atoms with E-state index >= 15 is 0 Å². The summed E-state index contributed by atoms with van der Waals surface area (Å²) in [6.07, 6.45) is 7.25. The van der Waals surface area contributed by atoms with Gasteiger partial charge in [0.15, 0.2) is 0 Å². The highest BCUT2D eigenvalue weighted by Crippen LogP contribution is 2.54. The van der Waals surface area contributed by atoms with Gasteiger partial charge in [0.25, 0.3) is 0 Å². The molecule has 4 aliphatic carbocycles. The summed E-state index contributed by atoms with van der Waals surface area (Å²) in [5.41, 5.74) is 1.13. The quantitative estimate of drug-likeness (QED) is 0.788. The predicted octanol–water partition coefficient (Wildman–Crippen LogP) is 5.23. The number of hydrogen-bond acceptors (Lipinski definition) is 1. The van der Waals surface area contributed by atoms with Gasteiger partial charge in [-0.25, -0.2) is 0 Å². The van der Waals surface area contributed by atoms with Crippen LogP contribution in [-0.4, -0.2) is 6.04 Å². The Morgan fingerprint density at radius 2 is 1.47 bits per heavy atom. The Balaban J connectivity index is 1.55. The van der Waals surface area contributed by atoms with E-state index in [1.807, 2.05) is 12.1 Å². The first kappa shape index (κ1) is 12.3. The highest BCUT2D eigenvalue weighted by molar-refractivity contribution is 6.42. The third-order valence-electron chi connectivity index (χ3n) is 5.48. The number of benzene rings is 1. The van der Waals surface area contributed by atoms with Crippen LogP contribution in [-0.2, 0) is 0 Å². The third-order valence-corrected chi connectivity index (χ3v) is 6.22. The lowest BCUT2D eigenvalue weighted by molar-refractivity contribution is 0.00754. The van der Waals surface area contributed by atoms with E-state index in [0.29, 0.717) is 16.1 Å². The number of rotatable bonds is 2. The topological polar surface area (TPSA) is 12.0 Å². The minimum Gasteiger partial charge on any atom is -0.382 e. The van der Waals surface area contributed by atoms with Crippen molar-refractivity contribution in [2.45, 2.75) is 38.1 Å². The average Bonchev–Trinajstić information content (AvgIpc) is 2.37. The molecule has 0 aromatic heterocycles. The van der Waals surface area contributed by atoms with Gasteiger partial charge in [0.2, 0.25) is 0 Å². The highest BCUT2D eigenvalue weighted by atomic mass is 35.5. The second kappa shape index (κ2) is 4.56. The Bertz CT molecular complexity index is 472. The number of halogens is 2.